The fraction of sp³-hybridized carbons (Fsp3) is 0.700. The highest BCUT2D eigenvalue weighted by molar-refractivity contribution is 6.02. The molecule has 37 heavy (non-hydrogen) atoms. The molecule has 0 spiro atoms. The number of ketones is 3. The number of aliphatic hydroxyl groups excluding tert-OH is 2. The summed E-state index contributed by atoms with van der Waals surface area (Å²) in [7, 11) is 0. The highest BCUT2D eigenvalue weighted by Crippen LogP contribution is 2.73. The third kappa shape index (κ3) is 3.60. The molecule has 7 nitrogen and oxygen atoms in total. The second-order valence-electron chi connectivity index (χ2n) is 13.9. The van der Waals surface area contributed by atoms with Crippen molar-refractivity contribution in [1.29, 1.82) is 0 Å². The monoisotopic (exact) mass is 514 g/mol. The molecule has 0 aromatic carbocycles. The quantitative estimate of drug-likeness (QED) is 0.333. The number of hydrogen-bond acceptors (Lipinski definition) is 7. The molecule has 4 rings (SSSR count). The number of carbonyl (C=O) groups is 3. The molecule has 2 saturated carbocycles. The first-order chi connectivity index (χ1) is 16.7. The maximum absolute atomic E-state index is 14.2. The van der Waals surface area contributed by atoms with Gasteiger partial charge in [-0.1, -0.05) is 38.5 Å². The Labute approximate surface area is 219 Å². The van der Waals surface area contributed by atoms with E-state index in [0.29, 0.717) is 12.8 Å². The third-order valence-corrected chi connectivity index (χ3v) is 10.8. The normalized spacial score (nSPS) is 42.9. The van der Waals surface area contributed by atoms with Gasteiger partial charge in [0.2, 0.25) is 5.78 Å². The van der Waals surface area contributed by atoms with Crippen LogP contribution in [-0.4, -0.2) is 55.1 Å². The van der Waals surface area contributed by atoms with E-state index in [4.69, 9.17) is 0 Å². The average Bonchev–Trinajstić information content (AvgIpc) is 2.96. The van der Waals surface area contributed by atoms with E-state index in [1.54, 1.807) is 13.8 Å². The number of rotatable bonds is 4. The Bertz CT molecular complexity index is 1150. The highest BCUT2D eigenvalue weighted by atomic mass is 16.3. The summed E-state index contributed by atoms with van der Waals surface area (Å²) in [6.07, 6.45) is 5.85. The predicted octanol–water partition coefficient (Wildman–Crippen LogP) is 3.62. The van der Waals surface area contributed by atoms with Crippen molar-refractivity contribution in [3.63, 3.8) is 0 Å². The van der Waals surface area contributed by atoms with E-state index in [1.165, 1.54) is 32.9 Å². The van der Waals surface area contributed by atoms with Gasteiger partial charge in [-0.05, 0) is 76.4 Å². The van der Waals surface area contributed by atoms with Crippen molar-refractivity contribution >= 4 is 17.3 Å². The second kappa shape index (κ2) is 7.96. The zero-order valence-electron chi connectivity index (χ0n) is 23.3. The molecule has 4 aliphatic carbocycles. The molecule has 2 fully saturated rings. The fourth-order valence-electron chi connectivity index (χ4n) is 8.58. The predicted molar refractivity (Wildman–Crippen MR) is 138 cm³/mol. The van der Waals surface area contributed by atoms with Gasteiger partial charge in [0.15, 0.2) is 11.5 Å². The Morgan fingerprint density at radius 3 is 2.22 bits per heavy atom. The van der Waals surface area contributed by atoms with Gasteiger partial charge in [-0.2, -0.15) is 0 Å². The number of carbonyl (C=O) groups excluding carboxylic acids is 3. The first-order valence-corrected chi connectivity index (χ1v) is 13.2. The molecule has 0 saturated heterocycles. The van der Waals surface area contributed by atoms with E-state index in [0.717, 1.165) is 11.6 Å². The summed E-state index contributed by atoms with van der Waals surface area (Å²) in [5.74, 6) is -2.98. The topological polar surface area (TPSA) is 132 Å². The lowest BCUT2D eigenvalue weighted by Gasteiger charge is -2.63. The van der Waals surface area contributed by atoms with Crippen LogP contribution < -0.4 is 0 Å². The molecular formula is C30H42O7. The first-order valence-electron chi connectivity index (χ1n) is 13.2. The number of allylic oxidation sites excluding steroid dienone is 4. The number of aliphatic hydroxyl groups is 4. The van der Waals surface area contributed by atoms with Crippen LogP contribution in [-0.2, 0) is 14.4 Å². The maximum Gasteiger partial charge on any atom is 0.206 e. The summed E-state index contributed by atoms with van der Waals surface area (Å²) < 4.78 is 0. The van der Waals surface area contributed by atoms with Gasteiger partial charge in [-0.15, -0.1) is 0 Å². The minimum absolute atomic E-state index is 0.0453. The molecular weight excluding hydrogens is 472 g/mol. The van der Waals surface area contributed by atoms with E-state index >= 15 is 0 Å². The summed E-state index contributed by atoms with van der Waals surface area (Å²) in [4.78, 5) is 40.1. The molecule has 0 unspecified atom stereocenters. The Hall–Kier alpha value is -2.09. The Kier molecular flexibility index (Phi) is 6.01. The van der Waals surface area contributed by atoms with Crippen molar-refractivity contribution in [1.82, 2.24) is 0 Å². The maximum atomic E-state index is 14.2. The fourth-order valence-corrected chi connectivity index (χ4v) is 8.58. The van der Waals surface area contributed by atoms with Crippen molar-refractivity contribution < 1.29 is 34.8 Å². The lowest BCUT2D eigenvalue weighted by atomic mass is 9.39. The molecule has 0 radical (unpaired) electrons. The van der Waals surface area contributed by atoms with Crippen LogP contribution in [0.1, 0.15) is 74.7 Å². The van der Waals surface area contributed by atoms with E-state index in [1.807, 2.05) is 26.8 Å². The number of hydrogen-bond donors (Lipinski definition) is 4. The molecule has 0 aliphatic heterocycles. The summed E-state index contributed by atoms with van der Waals surface area (Å²) in [5.41, 5.74) is -5.75. The molecule has 4 N–H and O–H groups in total. The molecule has 204 valence electrons. The summed E-state index contributed by atoms with van der Waals surface area (Å²) in [5, 5.41) is 43.6. The van der Waals surface area contributed by atoms with Crippen LogP contribution in [0.15, 0.2) is 35.6 Å². The largest absolute Gasteiger partial charge is 0.505 e. The van der Waals surface area contributed by atoms with E-state index in [-0.39, 0.29) is 29.7 Å². The van der Waals surface area contributed by atoms with Gasteiger partial charge in [0, 0.05) is 23.7 Å². The first kappa shape index (κ1) is 27.9. The Morgan fingerprint density at radius 2 is 1.65 bits per heavy atom. The van der Waals surface area contributed by atoms with Gasteiger partial charge in [0.1, 0.15) is 11.4 Å². The SMILES string of the molecule is CC(C)(O)C=CC(=O)[C@](C)(O)[C@H]1[C@H](O)C[C@@]2(C)[C@@H]3CC=C4[C@H](C=C(O)C(=O)C4(C)C)[C@@]3(C)C(=O)C[C@]12C. The Morgan fingerprint density at radius 1 is 1.05 bits per heavy atom. The van der Waals surface area contributed by atoms with Gasteiger partial charge in [-0.3, -0.25) is 14.4 Å². The van der Waals surface area contributed by atoms with Crippen LogP contribution in [0.2, 0.25) is 0 Å². The van der Waals surface area contributed by atoms with Crippen molar-refractivity contribution in [2.75, 3.05) is 0 Å². The highest BCUT2D eigenvalue weighted by Gasteiger charge is 2.74. The number of fused-ring (bicyclic) bond motifs is 5. The molecule has 0 bridgehead atoms. The summed E-state index contributed by atoms with van der Waals surface area (Å²) in [6, 6.07) is 0. The van der Waals surface area contributed by atoms with Gasteiger partial charge >= 0.3 is 0 Å². The second-order valence-corrected chi connectivity index (χ2v) is 13.9. The molecule has 0 aromatic rings. The van der Waals surface area contributed by atoms with Gasteiger partial charge in [-0.25, -0.2) is 0 Å². The molecule has 8 atom stereocenters. The molecule has 0 heterocycles. The van der Waals surface area contributed by atoms with E-state index in [9.17, 15) is 34.8 Å². The summed E-state index contributed by atoms with van der Waals surface area (Å²) >= 11 is 0. The van der Waals surface area contributed by atoms with Crippen LogP contribution >= 0.6 is 0 Å². The van der Waals surface area contributed by atoms with Crippen LogP contribution in [0.25, 0.3) is 0 Å². The standard InChI is InChI=1S/C30H42O7/c1-25(2,36)12-11-21(33)30(8,37)23-19(32)14-27(5)20-10-9-16-17(13-18(31)24(35)26(16,3)4)29(20,7)22(34)15-28(23,27)6/h9,11-13,17,19-20,23,31-32,36-37H,10,14-15H2,1-8H3/t17-,19+,20-,23-,27-,28+,29+,30-/m0/s1. The third-order valence-electron chi connectivity index (χ3n) is 10.8. The van der Waals surface area contributed by atoms with Gasteiger partial charge in [0.05, 0.1) is 17.1 Å². The van der Waals surface area contributed by atoms with Crippen LogP contribution in [0, 0.1) is 39.4 Å². The van der Waals surface area contributed by atoms with Crippen molar-refractivity contribution in [3.05, 3.63) is 35.6 Å². The zero-order valence-corrected chi connectivity index (χ0v) is 23.3. The van der Waals surface area contributed by atoms with Gasteiger partial charge in [0.25, 0.3) is 0 Å². The average molecular weight is 515 g/mol. The van der Waals surface area contributed by atoms with Crippen molar-refractivity contribution in [2.45, 2.75) is 92.0 Å². The lowest BCUT2D eigenvalue weighted by Crippen LogP contribution is -2.64. The zero-order chi connectivity index (χ0) is 28.1. The van der Waals surface area contributed by atoms with Crippen molar-refractivity contribution in [2.24, 2.45) is 39.4 Å². The van der Waals surface area contributed by atoms with Crippen LogP contribution in [0.5, 0.6) is 0 Å². The summed E-state index contributed by atoms with van der Waals surface area (Å²) in [6.45, 7) is 13.8. The molecule has 4 aliphatic rings. The van der Waals surface area contributed by atoms with Crippen molar-refractivity contribution in [3.8, 4) is 0 Å². The number of Topliss-reactive ketones (excluding diaryl/α,β-unsaturated/α-hetero) is 2. The van der Waals surface area contributed by atoms with E-state index < -0.39 is 56.6 Å². The molecule has 0 amide bonds. The van der Waals surface area contributed by atoms with E-state index in [2.05, 4.69) is 0 Å². The minimum Gasteiger partial charge on any atom is -0.505 e. The lowest BCUT2D eigenvalue weighted by molar-refractivity contribution is -0.179. The van der Waals surface area contributed by atoms with Crippen LogP contribution in [0.3, 0.4) is 0 Å². The Balaban J connectivity index is 1.82. The van der Waals surface area contributed by atoms with Gasteiger partial charge < -0.3 is 20.4 Å². The van der Waals surface area contributed by atoms with Crippen LogP contribution in [0.4, 0.5) is 0 Å². The smallest absolute Gasteiger partial charge is 0.206 e. The molecule has 0 aromatic heterocycles. The minimum atomic E-state index is -1.96. The molecule has 7 heteroatoms.